The molecular weight excluding hydrogens is 309 g/mol. The molecule has 2 aromatic carbocycles. The first kappa shape index (κ1) is 12.0. The summed E-state index contributed by atoms with van der Waals surface area (Å²) in [7, 11) is 0. The van der Waals surface area contributed by atoms with Gasteiger partial charge in [0.05, 0.1) is 22.1 Å². The molecule has 1 aromatic heterocycles. The zero-order valence-electron chi connectivity index (χ0n) is 9.79. The van der Waals surface area contributed by atoms with E-state index >= 15 is 0 Å². The molecule has 0 bridgehead atoms. The van der Waals surface area contributed by atoms with Crippen molar-refractivity contribution >= 4 is 15.9 Å². The lowest BCUT2D eigenvalue weighted by atomic mass is 10.1. The number of halogens is 2. The number of nitrogens with zero attached hydrogens (tertiary/aromatic N) is 3. The molecule has 0 fully saturated rings. The first-order valence-corrected chi connectivity index (χ1v) is 6.46. The van der Waals surface area contributed by atoms with Crippen molar-refractivity contribution in [3.8, 4) is 16.9 Å². The maximum atomic E-state index is 13.6. The van der Waals surface area contributed by atoms with Crippen LogP contribution in [0.3, 0.4) is 0 Å². The fourth-order valence-corrected chi connectivity index (χ4v) is 2.09. The summed E-state index contributed by atoms with van der Waals surface area (Å²) >= 11 is 3.14. The van der Waals surface area contributed by atoms with Crippen molar-refractivity contribution in [3.63, 3.8) is 0 Å². The predicted molar refractivity (Wildman–Crippen MR) is 74.5 cm³/mol. The number of benzene rings is 2. The lowest BCUT2D eigenvalue weighted by molar-refractivity contribution is 0.618. The molecular formula is C14H9BrFN3. The van der Waals surface area contributed by atoms with Crippen LogP contribution in [-0.4, -0.2) is 15.0 Å². The summed E-state index contributed by atoms with van der Waals surface area (Å²) in [4.78, 5) is 0. The average molecular weight is 318 g/mol. The van der Waals surface area contributed by atoms with Gasteiger partial charge in [0.15, 0.2) is 0 Å². The van der Waals surface area contributed by atoms with Crippen LogP contribution in [0.4, 0.5) is 4.39 Å². The summed E-state index contributed by atoms with van der Waals surface area (Å²) in [5.74, 6) is -0.327. The molecule has 0 radical (unpaired) electrons. The molecule has 0 spiro atoms. The van der Waals surface area contributed by atoms with E-state index in [1.165, 1.54) is 6.07 Å². The highest BCUT2D eigenvalue weighted by atomic mass is 79.9. The minimum absolute atomic E-state index is 0.327. The van der Waals surface area contributed by atoms with Gasteiger partial charge in [0.2, 0.25) is 0 Å². The van der Waals surface area contributed by atoms with Crippen LogP contribution < -0.4 is 0 Å². The Morgan fingerprint density at radius 1 is 1.05 bits per heavy atom. The molecule has 0 N–H and O–H groups in total. The third-order valence-corrected chi connectivity index (χ3v) is 3.41. The summed E-state index contributed by atoms with van der Waals surface area (Å²) in [6, 6.07) is 14.6. The molecule has 1 heterocycles. The molecule has 0 amide bonds. The van der Waals surface area contributed by atoms with Crippen molar-refractivity contribution in [1.82, 2.24) is 15.0 Å². The van der Waals surface area contributed by atoms with Gasteiger partial charge in [-0.15, -0.1) is 5.10 Å². The number of rotatable bonds is 2. The monoisotopic (exact) mass is 317 g/mol. The fraction of sp³-hybridized carbons (Fsp3) is 0. The van der Waals surface area contributed by atoms with E-state index in [9.17, 15) is 4.39 Å². The molecule has 0 unspecified atom stereocenters. The first-order valence-electron chi connectivity index (χ1n) is 5.67. The lowest BCUT2D eigenvalue weighted by Gasteiger charge is -2.06. The highest BCUT2D eigenvalue weighted by molar-refractivity contribution is 9.10. The normalized spacial score (nSPS) is 10.6. The molecule has 0 saturated heterocycles. The molecule has 19 heavy (non-hydrogen) atoms. The fourth-order valence-electron chi connectivity index (χ4n) is 1.85. The van der Waals surface area contributed by atoms with E-state index in [2.05, 4.69) is 26.2 Å². The van der Waals surface area contributed by atoms with Gasteiger partial charge in [0.25, 0.3) is 0 Å². The van der Waals surface area contributed by atoms with E-state index < -0.39 is 0 Å². The quantitative estimate of drug-likeness (QED) is 0.719. The third-order valence-electron chi connectivity index (χ3n) is 2.77. The Hall–Kier alpha value is -2.01. The second-order valence-electron chi connectivity index (χ2n) is 4.00. The van der Waals surface area contributed by atoms with Crippen LogP contribution in [0.1, 0.15) is 0 Å². The maximum absolute atomic E-state index is 13.6. The van der Waals surface area contributed by atoms with Gasteiger partial charge in [-0.25, -0.2) is 9.07 Å². The van der Waals surface area contributed by atoms with Crippen molar-refractivity contribution in [3.05, 3.63) is 65.0 Å². The number of hydrogen-bond acceptors (Lipinski definition) is 2. The van der Waals surface area contributed by atoms with Gasteiger partial charge < -0.3 is 0 Å². The lowest BCUT2D eigenvalue weighted by Crippen LogP contribution is -2.00. The van der Waals surface area contributed by atoms with Gasteiger partial charge in [-0.05, 0) is 28.1 Å². The summed E-state index contributed by atoms with van der Waals surface area (Å²) in [5.41, 5.74) is 2.44. The summed E-state index contributed by atoms with van der Waals surface area (Å²) in [5, 5.41) is 7.92. The van der Waals surface area contributed by atoms with Crippen molar-refractivity contribution in [2.24, 2.45) is 0 Å². The largest absolute Gasteiger partial charge is 0.213 e. The van der Waals surface area contributed by atoms with E-state index in [1.54, 1.807) is 23.0 Å². The van der Waals surface area contributed by atoms with Crippen LogP contribution in [0.2, 0.25) is 0 Å². The molecule has 0 atom stereocenters. The van der Waals surface area contributed by atoms with Crippen molar-refractivity contribution < 1.29 is 4.39 Å². The average Bonchev–Trinajstić information content (AvgIpc) is 2.92. The number of hydrogen-bond donors (Lipinski definition) is 0. The number of aromatic nitrogens is 3. The van der Waals surface area contributed by atoms with Crippen molar-refractivity contribution in [2.45, 2.75) is 0 Å². The molecule has 3 aromatic rings. The first-order chi connectivity index (χ1) is 9.25. The minimum Gasteiger partial charge on any atom is -0.213 e. The van der Waals surface area contributed by atoms with Crippen molar-refractivity contribution in [1.29, 1.82) is 0 Å². The Labute approximate surface area is 117 Å². The van der Waals surface area contributed by atoms with Crippen LogP contribution >= 0.6 is 15.9 Å². The smallest absolute Gasteiger partial charge is 0.139 e. The van der Waals surface area contributed by atoms with Gasteiger partial charge in [0.1, 0.15) is 5.82 Å². The van der Waals surface area contributed by atoms with Crippen molar-refractivity contribution in [2.75, 3.05) is 0 Å². The molecule has 3 nitrogen and oxygen atoms in total. The zero-order valence-corrected chi connectivity index (χ0v) is 11.4. The minimum atomic E-state index is -0.327. The van der Waals surface area contributed by atoms with Gasteiger partial charge in [0, 0.05) is 11.6 Å². The Morgan fingerprint density at radius 2 is 1.84 bits per heavy atom. The Morgan fingerprint density at radius 3 is 2.58 bits per heavy atom. The van der Waals surface area contributed by atoms with Crippen LogP contribution in [0.15, 0.2) is 59.2 Å². The van der Waals surface area contributed by atoms with Gasteiger partial charge >= 0.3 is 0 Å². The van der Waals surface area contributed by atoms with E-state index in [1.807, 2.05) is 30.3 Å². The standard InChI is InChI=1S/C14H9BrFN3/c15-12-7-6-11(8-13(12)16)19-14(9-17-18-19)10-4-2-1-3-5-10/h1-9H. The summed E-state index contributed by atoms with van der Waals surface area (Å²) < 4.78 is 15.6. The molecule has 0 aliphatic heterocycles. The Bertz CT molecular complexity index is 710. The van der Waals surface area contributed by atoms with E-state index in [4.69, 9.17) is 0 Å². The molecule has 5 heteroatoms. The summed E-state index contributed by atoms with van der Waals surface area (Å²) in [6.07, 6.45) is 1.66. The van der Waals surface area contributed by atoms with Crippen LogP contribution in [0.25, 0.3) is 16.9 Å². The topological polar surface area (TPSA) is 30.7 Å². The summed E-state index contributed by atoms with van der Waals surface area (Å²) in [6.45, 7) is 0. The van der Waals surface area contributed by atoms with Gasteiger partial charge in [-0.2, -0.15) is 0 Å². The van der Waals surface area contributed by atoms with Crippen LogP contribution in [0.5, 0.6) is 0 Å². The zero-order chi connectivity index (χ0) is 13.2. The molecule has 0 aliphatic carbocycles. The molecule has 0 saturated carbocycles. The van der Waals surface area contributed by atoms with Gasteiger partial charge in [-0.1, -0.05) is 35.5 Å². The van der Waals surface area contributed by atoms with E-state index in [0.29, 0.717) is 10.2 Å². The van der Waals surface area contributed by atoms with E-state index in [0.717, 1.165) is 11.3 Å². The predicted octanol–water partition coefficient (Wildman–Crippen LogP) is 3.84. The molecule has 3 rings (SSSR count). The van der Waals surface area contributed by atoms with Gasteiger partial charge in [-0.3, -0.25) is 0 Å². The highest BCUT2D eigenvalue weighted by Gasteiger charge is 2.10. The van der Waals surface area contributed by atoms with Crippen LogP contribution in [-0.2, 0) is 0 Å². The SMILES string of the molecule is Fc1cc(-n2nncc2-c2ccccc2)ccc1Br. The third kappa shape index (κ3) is 2.29. The van der Waals surface area contributed by atoms with E-state index in [-0.39, 0.29) is 5.82 Å². The second kappa shape index (κ2) is 4.93. The molecule has 94 valence electrons. The van der Waals surface area contributed by atoms with Crippen LogP contribution in [0, 0.1) is 5.82 Å². The highest BCUT2D eigenvalue weighted by Crippen LogP contribution is 2.23. The Balaban J connectivity index is 2.12. The molecule has 0 aliphatic rings. The maximum Gasteiger partial charge on any atom is 0.139 e. The Kier molecular flexibility index (Phi) is 3.13. The second-order valence-corrected chi connectivity index (χ2v) is 4.85.